The number of nitro groups is 1. The van der Waals surface area contributed by atoms with Gasteiger partial charge in [-0.3, -0.25) is 19.7 Å². The summed E-state index contributed by atoms with van der Waals surface area (Å²) in [4.78, 5) is 47.7. The van der Waals surface area contributed by atoms with Gasteiger partial charge >= 0.3 is 6.09 Å². The number of halogens is 1. The maximum Gasteiger partial charge on any atom is 0.404 e. The Morgan fingerprint density at radius 3 is 2.60 bits per heavy atom. The number of carbonyl (C=O) groups excluding carboxylic acids is 1. The topological polar surface area (TPSA) is 132 Å². The van der Waals surface area contributed by atoms with Crippen molar-refractivity contribution in [3.63, 3.8) is 0 Å². The monoisotopic (exact) mass is 427 g/mol. The van der Waals surface area contributed by atoms with E-state index in [-0.39, 0.29) is 41.9 Å². The summed E-state index contributed by atoms with van der Waals surface area (Å²) in [5.74, 6) is -0.321. The highest BCUT2D eigenvalue weighted by molar-refractivity contribution is 6.33. The number of ketones is 1. The first-order valence-electron chi connectivity index (χ1n) is 8.96. The zero-order chi connectivity index (χ0) is 21.6. The molecular weight excluding hydrogens is 414 g/mol. The van der Waals surface area contributed by atoms with Crippen LogP contribution in [0.15, 0.2) is 41.2 Å². The number of carboxylic acid groups (broad SMARTS) is 1. The van der Waals surface area contributed by atoms with Crippen molar-refractivity contribution < 1.29 is 19.6 Å². The van der Waals surface area contributed by atoms with E-state index in [1.807, 2.05) is 0 Å². The van der Waals surface area contributed by atoms with E-state index in [0.29, 0.717) is 27.2 Å². The molecule has 0 atom stereocenters. The highest BCUT2D eigenvalue weighted by Crippen LogP contribution is 2.40. The maximum absolute atomic E-state index is 13.2. The zero-order valence-electron chi connectivity index (χ0n) is 15.3. The number of nitro benzene ring substituents is 1. The lowest BCUT2D eigenvalue weighted by Crippen LogP contribution is -2.27. The Balaban J connectivity index is 1.97. The molecule has 0 aliphatic heterocycles. The molecule has 0 unspecified atom stereocenters. The smallest absolute Gasteiger partial charge is 0.404 e. The van der Waals surface area contributed by atoms with Crippen LogP contribution in [0.25, 0.3) is 22.0 Å². The summed E-state index contributed by atoms with van der Waals surface area (Å²) in [6, 6.07) is 8.62. The standard InChI is InChI=1S/C20H14ClN3O6/c21-10-2-4-13-14(8-10)18(25)16-12-5-3-11(24(29)30)9-15(12)19(26)23(17(13)16)7-1-6-22-20(27)28/h2-5,8-9,22H,1,6-7H2,(H,27,28). The number of nitrogens with zero attached hydrogens (tertiary/aromatic N) is 2. The Morgan fingerprint density at radius 1 is 1.13 bits per heavy atom. The second-order valence-electron chi connectivity index (χ2n) is 6.77. The van der Waals surface area contributed by atoms with Gasteiger partial charge < -0.3 is 15.0 Å². The molecule has 0 saturated carbocycles. The zero-order valence-corrected chi connectivity index (χ0v) is 16.1. The number of carbonyl (C=O) groups is 2. The SMILES string of the molecule is O=C(O)NCCCn1c2c(c3ccc([N+](=O)[O-])cc3c1=O)C(=O)c1cc(Cl)ccc1-2. The molecule has 3 aromatic rings. The predicted octanol–water partition coefficient (Wildman–Crippen LogP) is 3.43. The van der Waals surface area contributed by atoms with E-state index in [1.165, 1.54) is 22.8 Å². The normalized spacial score (nSPS) is 12.0. The van der Waals surface area contributed by atoms with Crippen molar-refractivity contribution in [2.75, 3.05) is 6.54 Å². The Kier molecular flexibility index (Phi) is 4.75. The molecule has 2 N–H and O–H groups in total. The Hall–Kier alpha value is -3.72. The van der Waals surface area contributed by atoms with Gasteiger partial charge in [-0.15, -0.1) is 0 Å². The van der Waals surface area contributed by atoms with Crippen LogP contribution >= 0.6 is 11.6 Å². The Labute approximate surface area is 173 Å². The van der Waals surface area contributed by atoms with E-state index < -0.39 is 16.6 Å². The number of hydrogen-bond acceptors (Lipinski definition) is 5. The summed E-state index contributed by atoms with van der Waals surface area (Å²) < 4.78 is 1.38. The molecule has 1 aliphatic rings. The molecule has 1 heterocycles. The van der Waals surface area contributed by atoms with Crippen molar-refractivity contribution in [1.29, 1.82) is 0 Å². The van der Waals surface area contributed by atoms with Crippen LogP contribution in [0, 0.1) is 10.1 Å². The van der Waals surface area contributed by atoms with Gasteiger partial charge in [0.1, 0.15) is 0 Å². The Bertz CT molecular complexity index is 1310. The van der Waals surface area contributed by atoms with Gasteiger partial charge in [-0.1, -0.05) is 17.7 Å². The van der Waals surface area contributed by atoms with Crippen LogP contribution in [0.5, 0.6) is 0 Å². The van der Waals surface area contributed by atoms with Gasteiger partial charge in [-0.25, -0.2) is 4.79 Å². The van der Waals surface area contributed by atoms with E-state index in [2.05, 4.69) is 5.32 Å². The highest BCUT2D eigenvalue weighted by atomic mass is 35.5. The number of rotatable bonds is 5. The van der Waals surface area contributed by atoms with Gasteiger partial charge in [-0.2, -0.15) is 0 Å². The molecule has 2 aromatic carbocycles. The summed E-state index contributed by atoms with van der Waals surface area (Å²) in [6.07, 6.45) is -0.896. The van der Waals surface area contributed by atoms with Crippen LogP contribution in [0.1, 0.15) is 22.3 Å². The molecule has 9 nitrogen and oxygen atoms in total. The molecule has 0 spiro atoms. The summed E-state index contributed by atoms with van der Waals surface area (Å²) in [6.45, 7) is 0.223. The predicted molar refractivity (Wildman–Crippen MR) is 109 cm³/mol. The lowest BCUT2D eigenvalue weighted by molar-refractivity contribution is -0.384. The maximum atomic E-state index is 13.2. The van der Waals surface area contributed by atoms with E-state index >= 15 is 0 Å². The fraction of sp³-hybridized carbons (Fsp3) is 0.150. The van der Waals surface area contributed by atoms with Crippen molar-refractivity contribution in [3.8, 4) is 11.3 Å². The van der Waals surface area contributed by atoms with Gasteiger partial charge in [0.05, 0.1) is 21.6 Å². The molecule has 1 amide bonds. The van der Waals surface area contributed by atoms with Crippen LogP contribution in [0.3, 0.4) is 0 Å². The Morgan fingerprint density at radius 2 is 1.90 bits per heavy atom. The minimum Gasteiger partial charge on any atom is -0.465 e. The van der Waals surface area contributed by atoms with Crippen molar-refractivity contribution in [3.05, 3.63) is 73.0 Å². The number of hydrogen-bond donors (Lipinski definition) is 2. The molecule has 0 bridgehead atoms. The molecule has 152 valence electrons. The largest absolute Gasteiger partial charge is 0.465 e. The molecule has 4 rings (SSSR count). The van der Waals surface area contributed by atoms with E-state index in [9.17, 15) is 24.5 Å². The fourth-order valence-corrected chi connectivity index (χ4v) is 3.92. The average molecular weight is 428 g/mol. The number of fused-ring (bicyclic) bond motifs is 5. The molecular formula is C20H14ClN3O6. The third-order valence-electron chi connectivity index (χ3n) is 5.01. The third kappa shape index (κ3) is 3.09. The number of non-ortho nitro benzene ring substituents is 1. The summed E-state index contributed by atoms with van der Waals surface area (Å²) in [7, 11) is 0. The highest BCUT2D eigenvalue weighted by Gasteiger charge is 2.33. The molecule has 0 fully saturated rings. The average Bonchev–Trinajstić information content (AvgIpc) is 2.98. The van der Waals surface area contributed by atoms with Crippen molar-refractivity contribution in [2.24, 2.45) is 0 Å². The lowest BCUT2D eigenvalue weighted by Gasteiger charge is -2.15. The van der Waals surface area contributed by atoms with Crippen molar-refractivity contribution in [2.45, 2.75) is 13.0 Å². The van der Waals surface area contributed by atoms with Gasteiger partial charge in [0.15, 0.2) is 5.78 Å². The van der Waals surface area contributed by atoms with Crippen LogP contribution in [-0.4, -0.2) is 33.0 Å². The lowest BCUT2D eigenvalue weighted by atomic mass is 10.0. The number of amides is 1. The van der Waals surface area contributed by atoms with Gasteiger partial charge in [-0.05, 0) is 24.6 Å². The summed E-state index contributed by atoms with van der Waals surface area (Å²) >= 11 is 6.05. The number of benzene rings is 2. The number of aromatic nitrogens is 1. The van der Waals surface area contributed by atoms with Gasteiger partial charge in [0.2, 0.25) is 0 Å². The van der Waals surface area contributed by atoms with Crippen LogP contribution in [0.4, 0.5) is 10.5 Å². The molecule has 30 heavy (non-hydrogen) atoms. The van der Waals surface area contributed by atoms with E-state index in [1.54, 1.807) is 12.1 Å². The molecule has 1 aromatic heterocycles. The quantitative estimate of drug-likeness (QED) is 0.285. The molecule has 0 radical (unpaired) electrons. The minimum atomic E-state index is -1.18. The molecule has 10 heteroatoms. The van der Waals surface area contributed by atoms with Crippen LogP contribution < -0.4 is 10.9 Å². The summed E-state index contributed by atoms with van der Waals surface area (Å²) in [5, 5.41) is 22.9. The third-order valence-corrected chi connectivity index (χ3v) is 5.24. The number of nitrogens with one attached hydrogen (secondary N) is 1. The second kappa shape index (κ2) is 7.27. The first-order chi connectivity index (χ1) is 14.3. The van der Waals surface area contributed by atoms with Gasteiger partial charge in [0.25, 0.3) is 11.2 Å². The summed E-state index contributed by atoms with van der Waals surface area (Å²) in [5.41, 5.74) is 0.836. The first kappa shape index (κ1) is 19.6. The van der Waals surface area contributed by atoms with Crippen molar-refractivity contribution in [1.82, 2.24) is 9.88 Å². The minimum absolute atomic E-state index is 0.0568. The first-order valence-corrected chi connectivity index (χ1v) is 9.33. The fourth-order valence-electron chi connectivity index (χ4n) is 3.75. The van der Waals surface area contributed by atoms with E-state index in [0.717, 1.165) is 6.07 Å². The second-order valence-corrected chi connectivity index (χ2v) is 7.21. The molecule has 0 saturated heterocycles. The van der Waals surface area contributed by atoms with Gasteiger partial charge in [0, 0.05) is 46.8 Å². The molecule has 1 aliphatic carbocycles. The van der Waals surface area contributed by atoms with Crippen molar-refractivity contribution >= 4 is 39.9 Å². The van der Waals surface area contributed by atoms with Crippen LogP contribution in [-0.2, 0) is 6.54 Å². The number of pyridine rings is 1. The van der Waals surface area contributed by atoms with Crippen LogP contribution in [0.2, 0.25) is 5.02 Å². The van der Waals surface area contributed by atoms with E-state index in [4.69, 9.17) is 16.7 Å².